The number of aliphatic hydroxyl groups excluding tert-OH is 1. The number of nitrogens with one attached hydrogen (secondary N) is 1. The van der Waals surface area contributed by atoms with Crippen LogP contribution in [0.2, 0.25) is 5.02 Å². The number of aliphatic hydroxyl groups is 1. The van der Waals surface area contributed by atoms with Crippen LogP contribution in [0, 0.1) is 6.92 Å². The fraction of sp³-hybridized carbons (Fsp3) is 0.364. The summed E-state index contributed by atoms with van der Waals surface area (Å²) in [5, 5.41) is 9.33. The van der Waals surface area contributed by atoms with Gasteiger partial charge in [0, 0.05) is 12.2 Å². The summed E-state index contributed by atoms with van der Waals surface area (Å²) in [4.78, 5) is 10.8. The first-order valence-electron chi connectivity index (χ1n) is 5.50. The van der Waals surface area contributed by atoms with Gasteiger partial charge in [-0.15, -0.1) is 0 Å². The molecule has 0 radical (unpaired) electrons. The van der Waals surface area contributed by atoms with Gasteiger partial charge >= 0.3 is 5.97 Å². The predicted molar refractivity (Wildman–Crippen MR) is 73.8 cm³/mol. The highest BCUT2D eigenvalue weighted by Gasteiger charge is 2.23. The van der Waals surface area contributed by atoms with Crippen molar-refractivity contribution in [3.8, 4) is 0 Å². The SMILES string of the molecule is COC(=O)C(O)CNS(=O)(=O)c1cc(N)c(C)cc1Cl. The third kappa shape index (κ3) is 3.83. The van der Waals surface area contributed by atoms with Crippen molar-refractivity contribution in [2.75, 3.05) is 19.4 Å². The molecule has 0 fully saturated rings. The van der Waals surface area contributed by atoms with Crippen LogP contribution in [0.15, 0.2) is 17.0 Å². The maximum atomic E-state index is 12.0. The van der Waals surface area contributed by atoms with Gasteiger partial charge in [0.05, 0.1) is 12.1 Å². The highest BCUT2D eigenvalue weighted by Crippen LogP contribution is 2.26. The molecule has 1 unspecified atom stereocenters. The Morgan fingerprint density at radius 3 is 2.70 bits per heavy atom. The van der Waals surface area contributed by atoms with E-state index in [1.807, 2.05) is 0 Å². The van der Waals surface area contributed by atoms with Crippen molar-refractivity contribution < 1.29 is 23.1 Å². The largest absolute Gasteiger partial charge is 0.467 e. The van der Waals surface area contributed by atoms with Crippen LogP contribution in [0.3, 0.4) is 0 Å². The van der Waals surface area contributed by atoms with E-state index < -0.39 is 28.6 Å². The number of ether oxygens (including phenoxy) is 1. The number of halogens is 1. The van der Waals surface area contributed by atoms with Gasteiger partial charge in [0.15, 0.2) is 6.10 Å². The van der Waals surface area contributed by atoms with Gasteiger partial charge in [-0.25, -0.2) is 17.9 Å². The Hall–Kier alpha value is -1.35. The second-order valence-corrected chi connectivity index (χ2v) is 6.17. The van der Waals surface area contributed by atoms with Crippen molar-refractivity contribution in [1.29, 1.82) is 0 Å². The Bertz CT molecular complexity index is 617. The molecule has 0 aliphatic carbocycles. The number of methoxy groups -OCH3 is 1. The molecule has 0 aliphatic rings. The minimum atomic E-state index is -4.00. The molecule has 7 nitrogen and oxygen atoms in total. The number of aryl methyl sites for hydroxylation is 1. The van der Waals surface area contributed by atoms with E-state index in [-0.39, 0.29) is 15.6 Å². The van der Waals surface area contributed by atoms with Crippen LogP contribution < -0.4 is 10.5 Å². The lowest BCUT2D eigenvalue weighted by Gasteiger charge is -2.12. The van der Waals surface area contributed by atoms with Crippen molar-refractivity contribution in [2.24, 2.45) is 0 Å². The number of hydrogen-bond acceptors (Lipinski definition) is 6. The summed E-state index contributed by atoms with van der Waals surface area (Å²) in [5.74, 6) is -0.942. The summed E-state index contributed by atoms with van der Waals surface area (Å²) >= 11 is 5.86. The van der Waals surface area contributed by atoms with Crippen LogP contribution in [0.4, 0.5) is 5.69 Å². The van der Waals surface area contributed by atoms with Gasteiger partial charge in [-0.1, -0.05) is 11.6 Å². The zero-order valence-electron chi connectivity index (χ0n) is 10.9. The molecule has 0 saturated heterocycles. The van der Waals surface area contributed by atoms with E-state index in [1.54, 1.807) is 6.92 Å². The fourth-order valence-corrected chi connectivity index (χ4v) is 3.01. The Morgan fingerprint density at radius 2 is 2.15 bits per heavy atom. The summed E-state index contributed by atoms with van der Waals surface area (Å²) in [6, 6.07) is 2.63. The highest BCUT2D eigenvalue weighted by molar-refractivity contribution is 7.89. The maximum absolute atomic E-state index is 12.0. The molecule has 1 aromatic rings. The number of carbonyl (C=O) groups is 1. The Kier molecular flexibility index (Phi) is 5.35. The Morgan fingerprint density at radius 1 is 1.55 bits per heavy atom. The molecule has 112 valence electrons. The number of anilines is 1. The van der Waals surface area contributed by atoms with Crippen molar-refractivity contribution in [2.45, 2.75) is 17.9 Å². The van der Waals surface area contributed by atoms with Crippen molar-refractivity contribution >= 4 is 33.3 Å². The maximum Gasteiger partial charge on any atom is 0.336 e. The Balaban J connectivity index is 2.95. The second-order valence-electron chi connectivity index (χ2n) is 4.03. The number of nitrogens with two attached hydrogens (primary N) is 1. The third-order valence-corrected chi connectivity index (χ3v) is 4.44. The van der Waals surface area contributed by atoms with Crippen LogP contribution in [-0.4, -0.2) is 39.3 Å². The minimum Gasteiger partial charge on any atom is -0.467 e. The molecule has 0 aromatic heterocycles. The first-order chi connectivity index (χ1) is 9.19. The monoisotopic (exact) mass is 322 g/mol. The van der Waals surface area contributed by atoms with Gasteiger partial charge in [-0.05, 0) is 24.6 Å². The van der Waals surface area contributed by atoms with Crippen LogP contribution in [0.25, 0.3) is 0 Å². The van der Waals surface area contributed by atoms with E-state index in [0.29, 0.717) is 5.56 Å². The van der Waals surface area contributed by atoms with Gasteiger partial charge in [-0.2, -0.15) is 0 Å². The van der Waals surface area contributed by atoms with E-state index in [4.69, 9.17) is 17.3 Å². The molecular weight excluding hydrogens is 308 g/mol. The van der Waals surface area contributed by atoms with Crippen LogP contribution in [0.5, 0.6) is 0 Å². The average molecular weight is 323 g/mol. The summed E-state index contributed by atoms with van der Waals surface area (Å²) in [5.41, 5.74) is 6.55. The Labute approximate surface area is 121 Å². The lowest BCUT2D eigenvalue weighted by Crippen LogP contribution is -2.37. The third-order valence-electron chi connectivity index (χ3n) is 2.55. The van der Waals surface area contributed by atoms with Crippen LogP contribution in [0.1, 0.15) is 5.56 Å². The summed E-state index contributed by atoms with van der Waals surface area (Å²) in [6.07, 6.45) is -1.60. The number of nitrogen functional groups attached to an aromatic ring is 1. The summed E-state index contributed by atoms with van der Waals surface area (Å²) in [6.45, 7) is 1.16. The molecule has 0 amide bonds. The van der Waals surface area contributed by atoms with Gasteiger partial charge in [0.2, 0.25) is 10.0 Å². The van der Waals surface area contributed by atoms with Gasteiger partial charge < -0.3 is 15.6 Å². The molecule has 20 heavy (non-hydrogen) atoms. The van der Waals surface area contributed by atoms with E-state index >= 15 is 0 Å². The van der Waals surface area contributed by atoms with Crippen LogP contribution in [-0.2, 0) is 19.6 Å². The quantitative estimate of drug-likeness (QED) is 0.520. The summed E-state index contributed by atoms with van der Waals surface area (Å²) < 4.78 is 30.4. The normalized spacial score (nSPS) is 13.0. The zero-order chi connectivity index (χ0) is 15.5. The van der Waals surface area contributed by atoms with Crippen molar-refractivity contribution in [1.82, 2.24) is 4.72 Å². The molecule has 1 atom stereocenters. The minimum absolute atomic E-state index is 0.00300. The molecular formula is C11H15ClN2O5S. The molecule has 0 spiro atoms. The number of esters is 1. The number of benzene rings is 1. The smallest absolute Gasteiger partial charge is 0.336 e. The molecule has 1 aromatic carbocycles. The lowest BCUT2D eigenvalue weighted by atomic mass is 10.2. The molecule has 4 N–H and O–H groups in total. The molecule has 0 heterocycles. The molecule has 0 aliphatic heterocycles. The van der Waals surface area contributed by atoms with E-state index in [0.717, 1.165) is 7.11 Å². The second kappa shape index (κ2) is 6.40. The van der Waals surface area contributed by atoms with Gasteiger partial charge in [0.1, 0.15) is 4.90 Å². The standard InChI is InChI=1S/C11H15ClN2O5S/c1-6-3-7(12)10(4-8(6)13)20(17,18)14-5-9(15)11(16)19-2/h3-4,9,14-15H,5,13H2,1-2H3. The molecule has 1 rings (SSSR count). The number of rotatable bonds is 5. The van der Waals surface area contributed by atoms with Crippen molar-refractivity contribution in [3.05, 3.63) is 22.7 Å². The van der Waals surface area contributed by atoms with Crippen molar-refractivity contribution in [3.63, 3.8) is 0 Å². The fourth-order valence-electron chi connectivity index (χ4n) is 1.36. The molecule has 9 heteroatoms. The first-order valence-corrected chi connectivity index (χ1v) is 7.36. The van der Waals surface area contributed by atoms with Crippen LogP contribution >= 0.6 is 11.6 Å². The molecule has 0 bridgehead atoms. The van der Waals surface area contributed by atoms with E-state index in [2.05, 4.69) is 9.46 Å². The molecule has 0 saturated carbocycles. The van der Waals surface area contributed by atoms with E-state index in [9.17, 15) is 18.3 Å². The number of sulfonamides is 1. The first kappa shape index (κ1) is 16.7. The summed E-state index contributed by atoms with van der Waals surface area (Å²) in [7, 11) is -2.92. The topological polar surface area (TPSA) is 119 Å². The van der Waals surface area contributed by atoms with E-state index in [1.165, 1.54) is 12.1 Å². The predicted octanol–water partition coefficient (Wildman–Crippen LogP) is 0.0428. The van der Waals surface area contributed by atoms with Gasteiger partial charge in [-0.3, -0.25) is 0 Å². The lowest BCUT2D eigenvalue weighted by molar-refractivity contribution is -0.149. The number of carbonyl (C=O) groups excluding carboxylic acids is 1. The zero-order valence-corrected chi connectivity index (χ0v) is 12.5. The highest BCUT2D eigenvalue weighted by atomic mass is 35.5. The number of hydrogen-bond donors (Lipinski definition) is 3. The van der Waals surface area contributed by atoms with Gasteiger partial charge in [0.25, 0.3) is 0 Å². The average Bonchev–Trinajstić information content (AvgIpc) is 2.39.